The highest BCUT2D eigenvalue weighted by molar-refractivity contribution is 6.00. The Kier molecular flexibility index (Phi) is 8.12. The van der Waals surface area contributed by atoms with E-state index in [9.17, 15) is 4.79 Å². The minimum atomic E-state index is -0.320. The second-order valence-electron chi connectivity index (χ2n) is 10.0. The molecule has 0 atom stereocenters. The standard InChI is InChI=1S/C28H34N8O/c1-18(2)16-36(17-19(3)4)26-15-22(30-28(37)29-21-12-10-20(5)11-13-21)14-25(31-26)23-8-6-7-9-24(23)27-32-34-35-33-27/h6-15,18-19H,16-17H2,1-5H3,(H2,29,30,31,37)(H,32,33,34,35). The van der Waals surface area contributed by atoms with Gasteiger partial charge in [0.1, 0.15) is 5.82 Å². The fraction of sp³-hybridized carbons (Fsp3) is 0.321. The normalized spacial score (nSPS) is 11.1. The largest absolute Gasteiger partial charge is 0.356 e. The van der Waals surface area contributed by atoms with Crippen LogP contribution in [-0.2, 0) is 0 Å². The van der Waals surface area contributed by atoms with E-state index < -0.39 is 0 Å². The summed E-state index contributed by atoms with van der Waals surface area (Å²) in [6.07, 6.45) is 0. The Hall–Kier alpha value is -4.27. The minimum Gasteiger partial charge on any atom is -0.356 e. The van der Waals surface area contributed by atoms with Crippen LogP contribution in [0.5, 0.6) is 0 Å². The topological polar surface area (TPSA) is 112 Å². The summed E-state index contributed by atoms with van der Waals surface area (Å²) in [6.45, 7) is 12.5. The maximum absolute atomic E-state index is 12.9. The van der Waals surface area contributed by atoms with Crippen molar-refractivity contribution in [3.8, 4) is 22.6 Å². The zero-order chi connectivity index (χ0) is 26.4. The van der Waals surface area contributed by atoms with Gasteiger partial charge in [-0.2, -0.15) is 0 Å². The number of benzene rings is 2. The number of hydrogen-bond donors (Lipinski definition) is 3. The van der Waals surface area contributed by atoms with Crippen molar-refractivity contribution in [2.75, 3.05) is 28.6 Å². The quantitative estimate of drug-likeness (QED) is 0.261. The summed E-state index contributed by atoms with van der Waals surface area (Å²) in [4.78, 5) is 20.2. The molecule has 0 aliphatic carbocycles. The molecule has 0 spiro atoms. The third-order valence-corrected chi connectivity index (χ3v) is 5.68. The van der Waals surface area contributed by atoms with Crippen LogP contribution < -0.4 is 15.5 Å². The molecule has 0 aliphatic rings. The van der Waals surface area contributed by atoms with E-state index in [0.29, 0.717) is 29.0 Å². The van der Waals surface area contributed by atoms with E-state index in [2.05, 4.69) is 63.9 Å². The molecule has 0 bridgehead atoms. The first-order chi connectivity index (χ1) is 17.8. The zero-order valence-corrected chi connectivity index (χ0v) is 22.0. The molecule has 2 amide bonds. The molecule has 37 heavy (non-hydrogen) atoms. The lowest BCUT2D eigenvalue weighted by Gasteiger charge is -2.28. The molecular formula is C28H34N8O. The SMILES string of the molecule is Cc1ccc(NC(=O)Nc2cc(-c3ccccc3-c3nnn[nH]3)nc(N(CC(C)C)CC(C)C)c2)cc1. The Balaban J connectivity index is 1.74. The molecule has 0 aliphatic heterocycles. The second-order valence-corrected chi connectivity index (χ2v) is 10.0. The van der Waals surface area contributed by atoms with Crippen molar-refractivity contribution in [3.63, 3.8) is 0 Å². The monoisotopic (exact) mass is 498 g/mol. The average Bonchev–Trinajstić information content (AvgIpc) is 3.39. The number of pyridine rings is 1. The van der Waals surface area contributed by atoms with Crippen LogP contribution in [0.2, 0.25) is 0 Å². The summed E-state index contributed by atoms with van der Waals surface area (Å²) < 4.78 is 0. The number of aromatic amines is 1. The Labute approximate surface area is 217 Å². The number of tetrazole rings is 1. The fourth-order valence-electron chi connectivity index (χ4n) is 4.15. The van der Waals surface area contributed by atoms with E-state index in [4.69, 9.17) is 4.98 Å². The molecule has 2 heterocycles. The van der Waals surface area contributed by atoms with Gasteiger partial charge in [-0.15, -0.1) is 5.10 Å². The maximum Gasteiger partial charge on any atom is 0.323 e. The second kappa shape index (κ2) is 11.6. The fourth-order valence-corrected chi connectivity index (χ4v) is 4.15. The van der Waals surface area contributed by atoms with Crippen LogP contribution in [0.15, 0.2) is 60.7 Å². The first kappa shape index (κ1) is 25.8. The number of carbonyl (C=O) groups is 1. The summed E-state index contributed by atoms with van der Waals surface area (Å²) in [6, 6.07) is 19.0. The molecule has 9 nitrogen and oxygen atoms in total. The summed E-state index contributed by atoms with van der Waals surface area (Å²) in [5, 5.41) is 20.3. The lowest BCUT2D eigenvalue weighted by molar-refractivity contribution is 0.262. The number of aryl methyl sites for hydroxylation is 1. The molecule has 9 heteroatoms. The number of amides is 2. The average molecular weight is 499 g/mol. The number of nitrogens with one attached hydrogen (secondary N) is 3. The number of H-pyrrole nitrogens is 1. The number of carbonyl (C=O) groups excluding carboxylic acids is 1. The van der Waals surface area contributed by atoms with Crippen LogP contribution in [0, 0.1) is 18.8 Å². The molecule has 2 aromatic heterocycles. The lowest BCUT2D eigenvalue weighted by atomic mass is 10.0. The Morgan fingerprint density at radius 2 is 1.54 bits per heavy atom. The van der Waals surface area contributed by atoms with Gasteiger partial charge in [0.2, 0.25) is 0 Å². The highest BCUT2D eigenvalue weighted by Crippen LogP contribution is 2.32. The summed E-state index contributed by atoms with van der Waals surface area (Å²) in [5.41, 5.74) is 4.90. The van der Waals surface area contributed by atoms with Crippen LogP contribution >= 0.6 is 0 Å². The molecule has 0 unspecified atom stereocenters. The van der Waals surface area contributed by atoms with E-state index in [0.717, 1.165) is 41.3 Å². The van der Waals surface area contributed by atoms with Gasteiger partial charge in [0, 0.05) is 41.7 Å². The number of anilines is 3. The predicted octanol–water partition coefficient (Wildman–Crippen LogP) is 6.00. The van der Waals surface area contributed by atoms with E-state index in [1.54, 1.807) is 0 Å². The van der Waals surface area contributed by atoms with Crippen molar-refractivity contribution >= 4 is 23.2 Å². The van der Waals surface area contributed by atoms with Crippen molar-refractivity contribution in [2.45, 2.75) is 34.6 Å². The van der Waals surface area contributed by atoms with E-state index in [-0.39, 0.29) is 6.03 Å². The molecule has 3 N–H and O–H groups in total. The van der Waals surface area contributed by atoms with Gasteiger partial charge in [-0.25, -0.2) is 14.9 Å². The minimum absolute atomic E-state index is 0.320. The summed E-state index contributed by atoms with van der Waals surface area (Å²) in [7, 11) is 0. The molecule has 2 aromatic carbocycles. The first-order valence-corrected chi connectivity index (χ1v) is 12.5. The number of aromatic nitrogens is 5. The van der Waals surface area contributed by atoms with E-state index in [1.165, 1.54) is 0 Å². The van der Waals surface area contributed by atoms with Crippen LogP contribution in [-0.4, -0.2) is 44.7 Å². The molecule has 0 saturated carbocycles. The van der Waals surface area contributed by atoms with Gasteiger partial charge < -0.3 is 15.5 Å². The molecule has 192 valence electrons. The highest BCUT2D eigenvalue weighted by Gasteiger charge is 2.18. The number of hydrogen-bond acceptors (Lipinski definition) is 6. The molecule has 0 radical (unpaired) electrons. The molecule has 0 fully saturated rings. The number of rotatable bonds is 9. The molecule has 4 rings (SSSR count). The van der Waals surface area contributed by atoms with Gasteiger partial charge in [0.25, 0.3) is 0 Å². The van der Waals surface area contributed by atoms with Crippen LogP contribution in [0.1, 0.15) is 33.3 Å². The Morgan fingerprint density at radius 3 is 2.16 bits per heavy atom. The van der Waals surface area contributed by atoms with Gasteiger partial charge in [-0.05, 0) is 47.4 Å². The van der Waals surface area contributed by atoms with Crippen molar-refractivity contribution in [2.24, 2.45) is 11.8 Å². The zero-order valence-electron chi connectivity index (χ0n) is 22.0. The molecule has 4 aromatic rings. The maximum atomic E-state index is 12.9. The van der Waals surface area contributed by atoms with Gasteiger partial charge in [-0.3, -0.25) is 0 Å². The van der Waals surface area contributed by atoms with Gasteiger partial charge in [-0.1, -0.05) is 69.7 Å². The smallest absolute Gasteiger partial charge is 0.323 e. The van der Waals surface area contributed by atoms with E-state index in [1.807, 2.05) is 67.6 Å². The Bertz CT molecular complexity index is 1310. The Morgan fingerprint density at radius 1 is 0.892 bits per heavy atom. The van der Waals surface area contributed by atoms with E-state index >= 15 is 0 Å². The van der Waals surface area contributed by atoms with Crippen LogP contribution in [0.25, 0.3) is 22.6 Å². The lowest BCUT2D eigenvalue weighted by Crippen LogP contribution is -2.32. The van der Waals surface area contributed by atoms with Crippen molar-refractivity contribution in [3.05, 3.63) is 66.2 Å². The van der Waals surface area contributed by atoms with Gasteiger partial charge in [0.15, 0.2) is 5.82 Å². The van der Waals surface area contributed by atoms with Crippen molar-refractivity contribution in [1.29, 1.82) is 0 Å². The van der Waals surface area contributed by atoms with Crippen molar-refractivity contribution in [1.82, 2.24) is 25.6 Å². The third-order valence-electron chi connectivity index (χ3n) is 5.68. The van der Waals surface area contributed by atoms with Crippen LogP contribution in [0.3, 0.4) is 0 Å². The summed E-state index contributed by atoms with van der Waals surface area (Å²) in [5.74, 6) is 2.24. The third kappa shape index (κ3) is 6.91. The van der Waals surface area contributed by atoms with Crippen LogP contribution in [0.4, 0.5) is 22.0 Å². The van der Waals surface area contributed by atoms with Crippen molar-refractivity contribution < 1.29 is 4.79 Å². The van der Waals surface area contributed by atoms with Gasteiger partial charge >= 0.3 is 6.03 Å². The molecular weight excluding hydrogens is 464 g/mol. The van der Waals surface area contributed by atoms with Gasteiger partial charge in [0.05, 0.1) is 5.69 Å². The number of urea groups is 1. The highest BCUT2D eigenvalue weighted by atomic mass is 16.2. The predicted molar refractivity (Wildman–Crippen MR) is 149 cm³/mol. The summed E-state index contributed by atoms with van der Waals surface area (Å²) >= 11 is 0. The molecule has 0 saturated heterocycles. The number of nitrogens with zero attached hydrogens (tertiary/aromatic N) is 5. The first-order valence-electron chi connectivity index (χ1n) is 12.5.